The molecule has 0 saturated heterocycles. The molecule has 8 nitrogen and oxygen atoms in total. The first-order valence-electron chi connectivity index (χ1n) is 7.27. The number of carbonyl (C=O) groups excluding carboxylic acids is 1. The van der Waals surface area contributed by atoms with Crippen molar-refractivity contribution in [3.8, 4) is 23.4 Å². The second-order valence-electron chi connectivity index (χ2n) is 4.72. The lowest BCUT2D eigenvalue weighted by molar-refractivity contribution is -0.111. The fourth-order valence-corrected chi connectivity index (χ4v) is 1.99. The number of nitrogens with zero attached hydrogens (tertiary/aromatic N) is 2. The number of benzene rings is 1. The van der Waals surface area contributed by atoms with Gasteiger partial charge in [0, 0.05) is 6.08 Å². The van der Waals surface area contributed by atoms with Crippen molar-refractivity contribution in [1.82, 2.24) is 9.97 Å². The molecule has 1 heterocycles. The monoisotopic (exact) mass is 345 g/mol. The summed E-state index contributed by atoms with van der Waals surface area (Å²) in [6, 6.07) is 5.48. The number of anilines is 1. The maximum absolute atomic E-state index is 12.1. The van der Waals surface area contributed by atoms with E-state index >= 15 is 0 Å². The molecule has 0 fully saturated rings. The van der Waals surface area contributed by atoms with Gasteiger partial charge in [-0.2, -0.15) is 4.98 Å². The van der Waals surface area contributed by atoms with Crippen LogP contribution in [0.3, 0.4) is 0 Å². The lowest BCUT2D eigenvalue weighted by Gasteiger charge is -2.08. The van der Waals surface area contributed by atoms with Crippen LogP contribution >= 0.6 is 0 Å². The van der Waals surface area contributed by atoms with E-state index in [0.717, 1.165) is 5.56 Å². The van der Waals surface area contributed by atoms with E-state index in [0.29, 0.717) is 17.2 Å². The van der Waals surface area contributed by atoms with Gasteiger partial charge in [-0.1, -0.05) is 6.07 Å². The van der Waals surface area contributed by atoms with Gasteiger partial charge < -0.3 is 24.3 Å². The molecule has 1 N–H and O–H groups in total. The average molecular weight is 345 g/mol. The van der Waals surface area contributed by atoms with Crippen molar-refractivity contribution in [3.05, 3.63) is 36.0 Å². The van der Waals surface area contributed by atoms with E-state index in [1.807, 2.05) is 6.07 Å². The van der Waals surface area contributed by atoms with E-state index in [1.54, 1.807) is 32.4 Å². The molecule has 25 heavy (non-hydrogen) atoms. The van der Waals surface area contributed by atoms with Gasteiger partial charge in [0.05, 0.1) is 34.6 Å². The first kappa shape index (κ1) is 18.1. The van der Waals surface area contributed by atoms with Crippen molar-refractivity contribution >= 4 is 17.7 Å². The van der Waals surface area contributed by atoms with Crippen molar-refractivity contribution < 1.29 is 23.7 Å². The van der Waals surface area contributed by atoms with Gasteiger partial charge in [0.25, 0.3) is 0 Å². The molecular formula is C17H19N3O5. The first-order chi connectivity index (χ1) is 12.1. The van der Waals surface area contributed by atoms with E-state index in [4.69, 9.17) is 18.9 Å². The SMILES string of the molecule is COc1ncc(NC(=O)/C=C/c2ccc(OC)c(OC)c2)c(OC)n1. The minimum atomic E-state index is -0.359. The third kappa shape index (κ3) is 4.60. The molecule has 2 aromatic rings. The van der Waals surface area contributed by atoms with E-state index in [1.165, 1.54) is 26.5 Å². The molecule has 2 rings (SSSR count). The highest BCUT2D eigenvalue weighted by atomic mass is 16.5. The predicted octanol–water partition coefficient (Wildman–Crippen LogP) is 2.16. The van der Waals surface area contributed by atoms with E-state index in [9.17, 15) is 4.79 Å². The zero-order valence-corrected chi connectivity index (χ0v) is 14.4. The van der Waals surface area contributed by atoms with Crippen LogP contribution in [0.1, 0.15) is 5.56 Å². The van der Waals surface area contributed by atoms with Crippen molar-refractivity contribution in [2.45, 2.75) is 0 Å². The third-order valence-corrected chi connectivity index (χ3v) is 3.20. The number of hydrogen-bond donors (Lipinski definition) is 1. The predicted molar refractivity (Wildman–Crippen MR) is 92.3 cm³/mol. The Morgan fingerprint density at radius 1 is 1.04 bits per heavy atom. The standard InChI is InChI=1S/C17H19N3O5/c1-22-13-7-5-11(9-14(13)23-2)6-8-15(21)19-12-10-18-17(25-4)20-16(12)24-3/h5-10H,1-4H3,(H,19,21)/b8-6+. The van der Waals surface area contributed by atoms with E-state index < -0.39 is 0 Å². The van der Waals surface area contributed by atoms with Crippen LogP contribution in [-0.4, -0.2) is 44.3 Å². The summed E-state index contributed by atoms with van der Waals surface area (Å²) in [5.41, 5.74) is 1.12. The quantitative estimate of drug-likeness (QED) is 0.769. The zero-order valence-electron chi connectivity index (χ0n) is 14.4. The summed E-state index contributed by atoms with van der Waals surface area (Å²) in [7, 11) is 5.99. The first-order valence-corrected chi connectivity index (χ1v) is 7.27. The van der Waals surface area contributed by atoms with Gasteiger partial charge in [-0.25, -0.2) is 4.98 Å². The Labute approximate surface area is 145 Å². The number of amides is 1. The minimum Gasteiger partial charge on any atom is -0.493 e. The lowest BCUT2D eigenvalue weighted by atomic mass is 10.2. The Morgan fingerprint density at radius 3 is 2.44 bits per heavy atom. The summed E-state index contributed by atoms with van der Waals surface area (Å²) in [6.07, 6.45) is 4.44. The van der Waals surface area contributed by atoms with E-state index in [-0.39, 0.29) is 17.8 Å². The summed E-state index contributed by atoms with van der Waals surface area (Å²) >= 11 is 0. The molecule has 1 aromatic carbocycles. The average Bonchev–Trinajstić information content (AvgIpc) is 2.66. The Kier molecular flexibility index (Phi) is 6.16. The number of nitrogens with one attached hydrogen (secondary N) is 1. The summed E-state index contributed by atoms with van der Waals surface area (Å²) in [5, 5.41) is 2.65. The Morgan fingerprint density at radius 2 is 1.80 bits per heavy atom. The van der Waals surface area contributed by atoms with Crippen LogP contribution < -0.4 is 24.3 Å². The summed E-state index contributed by atoms with van der Waals surface area (Å²) in [5.74, 6) is 1.04. The van der Waals surface area contributed by atoms with Crippen LogP contribution in [0.2, 0.25) is 0 Å². The molecule has 0 unspecified atom stereocenters. The molecule has 0 radical (unpaired) electrons. The molecule has 1 aromatic heterocycles. The van der Waals surface area contributed by atoms with Crippen LogP contribution in [-0.2, 0) is 4.79 Å². The van der Waals surface area contributed by atoms with E-state index in [2.05, 4.69) is 15.3 Å². The third-order valence-electron chi connectivity index (χ3n) is 3.20. The highest BCUT2D eigenvalue weighted by Gasteiger charge is 2.10. The minimum absolute atomic E-state index is 0.149. The van der Waals surface area contributed by atoms with Crippen LogP contribution in [0.5, 0.6) is 23.4 Å². The molecule has 0 aliphatic carbocycles. The maximum atomic E-state index is 12.1. The molecule has 0 atom stereocenters. The van der Waals surface area contributed by atoms with Crippen LogP contribution in [0.4, 0.5) is 5.69 Å². The highest BCUT2D eigenvalue weighted by molar-refractivity contribution is 6.02. The molecule has 0 bridgehead atoms. The largest absolute Gasteiger partial charge is 0.493 e. The molecule has 1 amide bonds. The van der Waals surface area contributed by atoms with Crippen molar-refractivity contribution in [2.24, 2.45) is 0 Å². The number of ether oxygens (including phenoxy) is 4. The number of methoxy groups -OCH3 is 4. The molecule has 0 aliphatic rings. The second kappa shape index (κ2) is 8.53. The van der Waals surface area contributed by atoms with Crippen LogP contribution in [0, 0.1) is 0 Å². The van der Waals surface area contributed by atoms with Gasteiger partial charge >= 0.3 is 6.01 Å². The smallest absolute Gasteiger partial charge is 0.319 e. The fourth-order valence-electron chi connectivity index (χ4n) is 1.99. The Hall–Kier alpha value is -3.29. The van der Waals surface area contributed by atoms with Gasteiger partial charge in [-0.05, 0) is 23.8 Å². The topological polar surface area (TPSA) is 91.8 Å². The molecule has 8 heteroatoms. The molecule has 0 aliphatic heterocycles. The van der Waals surface area contributed by atoms with Gasteiger partial charge in [0.2, 0.25) is 11.8 Å². The van der Waals surface area contributed by atoms with Crippen LogP contribution in [0.25, 0.3) is 6.08 Å². The summed E-state index contributed by atoms with van der Waals surface area (Å²) < 4.78 is 20.4. The normalized spacial score (nSPS) is 10.4. The molecule has 0 saturated carbocycles. The Bertz CT molecular complexity index is 777. The number of rotatable bonds is 7. The van der Waals surface area contributed by atoms with Crippen molar-refractivity contribution in [3.63, 3.8) is 0 Å². The number of hydrogen-bond acceptors (Lipinski definition) is 7. The molecule has 132 valence electrons. The summed E-state index contributed by atoms with van der Waals surface area (Å²) in [4.78, 5) is 20.0. The van der Waals surface area contributed by atoms with Gasteiger partial charge in [0.15, 0.2) is 11.5 Å². The van der Waals surface area contributed by atoms with Gasteiger partial charge in [0.1, 0.15) is 5.69 Å². The molecular weight excluding hydrogens is 326 g/mol. The number of carbonyl (C=O) groups is 1. The summed E-state index contributed by atoms with van der Waals surface area (Å²) in [6.45, 7) is 0. The van der Waals surface area contributed by atoms with Crippen molar-refractivity contribution in [2.75, 3.05) is 33.8 Å². The van der Waals surface area contributed by atoms with Crippen LogP contribution in [0.15, 0.2) is 30.5 Å². The fraction of sp³-hybridized carbons (Fsp3) is 0.235. The van der Waals surface area contributed by atoms with Gasteiger partial charge in [-0.15, -0.1) is 0 Å². The molecule has 0 spiro atoms. The van der Waals surface area contributed by atoms with Crippen molar-refractivity contribution in [1.29, 1.82) is 0 Å². The number of aromatic nitrogens is 2. The Balaban J connectivity index is 2.11. The van der Waals surface area contributed by atoms with Gasteiger partial charge in [-0.3, -0.25) is 4.79 Å². The maximum Gasteiger partial charge on any atom is 0.319 e. The second-order valence-corrected chi connectivity index (χ2v) is 4.72. The highest BCUT2D eigenvalue weighted by Crippen LogP contribution is 2.28. The lowest BCUT2D eigenvalue weighted by Crippen LogP contribution is -2.10. The zero-order chi connectivity index (χ0) is 18.2.